The quantitative estimate of drug-likeness (QED) is 0.797. The maximum Gasteiger partial charge on any atom is 0.137 e. The number of nitrogens with zero attached hydrogens (tertiary/aromatic N) is 4. The molecule has 0 aliphatic heterocycles. The first-order chi connectivity index (χ1) is 10.2. The highest BCUT2D eigenvalue weighted by Crippen LogP contribution is 2.19. The summed E-state index contributed by atoms with van der Waals surface area (Å²) in [5.74, 6) is 0.323. The predicted octanol–water partition coefficient (Wildman–Crippen LogP) is 2.52. The summed E-state index contributed by atoms with van der Waals surface area (Å²) in [5, 5.41) is 3.87. The first-order valence-corrected chi connectivity index (χ1v) is 6.64. The Hall–Kier alpha value is -2.63. The van der Waals surface area contributed by atoms with Crippen molar-refractivity contribution in [2.24, 2.45) is 0 Å². The van der Waals surface area contributed by atoms with Crippen LogP contribution in [0.25, 0.3) is 10.9 Å². The fraction of sp³-hybridized carbons (Fsp3) is 0.200. The molecule has 3 rings (SSSR count). The second-order valence-electron chi connectivity index (χ2n) is 4.71. The van der Waals surface area contributed by atoms with Crippen molar-refractivity contribution >= 4 is 16.7 Å². The van der Waals surface area contributed by atoms with Crippen molar-refractivity contribution in [3.8, 4) is 0 Å². The van der Waals surface area contributed by atoms with E-state index in [0.717, 1.165) is 11.4 Å². The minimum absolute atomic E-state index is 0.301. The Labute approximate surface area is 121 Å². The lowest BCUT2D eigenvalue weighted by molar-refractivity contribution is 0.629. The van der Waals surface area contributed by atoms with E-state index in [9.17, 15) is 4.39 Å². The van der Waals surface area contributed by atoms with Crippen LogP contribution in [0, 0.1) is 12.7 Å². The number of aryl methyl sites for hydroxylation is 1. The van der Waals surface area contributed by atoms with E-state index in [-0.39, 0.29) is 5.82 Å². The summed E-state index contributed by atoms with van der Waals surface area (Å²) in [6.07, 6.45) is 5.68. The van der Waals surface area contributed by atoms with Gasteiger partial charge in [-0.05, 0) is 25.1 Å². The lowest BCUT2D eigenvalue weighted by atomic mass is 10.2. The van der Waals surface area contributed by atoms with Gasteiger partial charge in [0.15, 0.2) is 0 Å². The molecule has 0 fully saturated rings. The zero-order valence-corrected chi connectivity index (χ0v) is 11.5. The Bertz CT molecular complexity index is 758. The molecule has 2 aromatic heterocycles. The average Bonchev–Trinajstić information content (AvgIpc) is 2.50. The van der Waals surface area contributed by atoms with Gasteiger partial charge >= 0.3 is 0 Å². The Morgan fingerprint density at radius 3 is 2.81 bits per heavy atom. The van der Waals surface area contributed by atoms with Crippen LogP contribution in [0.1, 0.15) is 11.4 Å². The highest BCUT2D eigenvalue weighted by atomic mass is 19.1. The van der Waals surface area contributed by atoms with E-state index in [1.165, 1.54) is 18.5 Å². The van der Waals surface area contributed by atoms with Gasteiger partial charge in [-0.1, -0.05) is 0 Å². The average molecular weight is 283 g/mol. The van der Waals surface area contributed by atoms with Gasteiger partial charge in [-0.3, -0.25) is 9.97 Å². The van der Waals surface area contributed by atoms with Gasteiger partial charge < -0.3 is 5.32 Å². The number of hydrogen-bond donors (Lipinski definition) is 1. The zero-order valence-electron chi connectivity index (χ0n) is 11.5. The highest BCUT2D eigenvalue weighted by molar-refractivity contribution is 5.88. The van der Waals surface area contributed by atoms with Crippen molar-refractivity contribution in [1.82, 2.24) is 19.9 Å². The van der Waals surface area contributed by atoms with Crippen molar-refractivity contribution in [3.05, 3.63) is 54.1 Å². The molecule has 21 heavy (non-hydrogen) atoms. The van der Waals surface area contributed by atoms with Crippen LogP contribution in [0.3, 0.4) is 0 Å². The van der Waals surface area contributed by atoms with Gasteiger partial charge in [0.2, 0.25) is 0 Å². The largest absolute Gasteiger partial charge is 0.369 e. The summed E-state index contributed by atoms with van der Waals surface area (Å²) in [5.41, 5.74) is 2.51. The number of nitrogens with one attached hydrogen (secondary N) is 1. The van der Waals surface area contributed by atoms with E-state index in [2.05, 4.69) is 25.3 Å². The molecule has 0 spiro atoms. The summed E-state index contributed by atoms with van der Waals surface area (Å²) in [6, 6.07) is 4.47. The van der Waals surface area contributed by atoms with E-state index in [4.69, 9.17) is 0 Å². The molecule has 1 N–H and O–H groups in total. The van der Waals surface area contributed by atoms with Crippen molar-refractivity contribution in [1.29, 1.82) is 0 Å². The SMILES string of the molecule is Cc1cnc(CCNc2ncnc3ccc(F)cc23)cn1. The molecule has 0 saturated heterocycles. The van der Waals surface area contributed by atoms with Crippen LogP contribution in [-0.2, 0) is 6.42 Å². The summed E-state index contributed by atoms with van der Waals surface area (Å²) >= 11 is 0. The Morgan fingerprint density at radius 1 is 1.10 bits per heavy atom. The van der Waals surface area contributed by atoms with Gasteiger partial charge in [-0.15, -0.1) is 0 Å². The molecule has 2 heterocycles. The van der Waals surface area contributed by atoms with Crippen molar-refractivity contribution in [2.75, 3.05) is 11.9 Å². The topological polar surface area (TPSA) is 63.6 Å². The number of benzene rings is 1. The standard InChI is InChI=1S/C15H14FN5/c1-10-7-19-12(8-18-10)4-5-17-15-13-6-11(16)2-3-14(13)20-9-21-15/h2-3,6-9H,4-5H2,1H3,(H,17,20,21). The molecule has 0 bridgehead atoms. The van der Waals surface area contributed by atoms with Crippen LogP contribution in [0.15, 0.2) is 36.9 Å². The number of anilines is 1. The fourth-order valence-corrected chi connectivity index (χ4v) is 2.03. The molecule has 1 aromatic carbocycles. The number of halogens is 1. The molecule has 0 radical (unpaired) electrons. The van der Waals surface area contributed by atoms with Crippen LogP contribution >= 0.6 is 0 Å². The monoisotopic (exact) mass is 283 g/mol. The number of rotatable bonds is 4. The fourth-order valence-electron chi connectivity index (χ4n) is 2.03. The number of aromatic nitrogens is 4. The van der Waals surface area contributed by atoms with E-state index in [0.29, 0.717) is 29.7 Å². The van der Waals surface area contributed by atoms with Crippen molar-refractivity contribution in [3.63, 3.8) is 0 Å². The number of fused-ring (bicyclic) bond motifs is 1. The van der Waals surface area contributed by atoms with E-state index < -0.39 is 0 Å². The van der Waals surface area contributed by atoms with Gasteiger partial charge in [0.25, 0.3) is 0 Å². The molecule has 0 atom stereocenters. The van der Waals surface area contributed by atoms with Gasteiger partial charge in [-0.25, -0.2) is 14.4 Å². The van der Waals surface area contributed by atoms with Crippen molar-refractivity contribution < 1.29 is 4.39 Å². The van der Waals surface area contributed by atoms with Crippen LogP contribution in [0.5, 0.6) is 0 Å². The van der Waals surface area contributed by atoms with Crippen molar-refractivity contribution in [2.45, 2.75) is 13.3 Å². The normalized spacial score (nSPS) is 10.8. The second kappa shape index (κ2) is 5.78. The Balaban J connectivity index is 1.73. The molecule has 5 nitrogen and oxygen atoms in total. The zero-order chi connectivity index (χ0) is 14.7. The highest BCUT2D eigenvalue weighted by Gasteiger charge is 2.05. The third-order valence-corrected chi connectivity index (χ3v) is 3.11. The Kier molecular flexibility index (Phi) is 3.68. The van der Waals surface area contributed by atoms with E-state index >= 15 is 0 Å². The van der Waals surface area contributed by atoms with E-state index in [1.54, 1.807) is 18.5 Å². The minimum atomic E-state index is -0.301. The maximum atomic E-state index is 13.3. The summed E-state index contributed by atoms with van der Waals surface area (Å²) < 4.78 is 13.3. The third-order valence-electron chi connectivity index (χ3n) is 3.11. The summed E-state index contributed by atoms with van der Waals surface area (Å²) in [6.45, 7) is 2.54. The molecular weight excluding hydrogens is 269 g/mol. The molecule has 0 aliphatic rings. The lowest BCUT2D eigenvalue weighted by Crippen LogP contribution is -2.08. The molecule has 0 unspecified atom stereocenters. The molecule has 106 valence electrons. The van der Waals surface area contributed by atoms with Gasteiger partial charge in [0, 0.05) is 30.7 Å². The summed E-state index contributed by atoms with van der Waals surface area (Å²) in [4.78, 5) is 16.8. The molecule has 6 heteroatoms. The van der Waals surface area contributed by atoms with Gasteiger partial charge in [0.05, 0.1) is 16.9 Å². The maximum absolute atomic E-state index is 13.3. The van der Waals surface area contributed by atoms with E-state index in [1.807, 2.05) is 6.92 Å². The first kappa shape index (κ1) is 13.4. The second-order valence-corrected chi connectivity index (χ2v) is 4.71. The molecular formula is C15H14FN5. The van der Waals surface area contributed by atoms with Gasteiger partial charge in [-0.2, -0.15) is 0 Å². The van der Waals surface area contributed by atoms with Crippen LogP contribution < -0.4 is 5.32 Å². The minimum Gasteiger partial charge on any atom is -0.369 e. The van der Waals surface area contributed by atoms with Crippen LogP contribution in [0.2, 0.25) is 0 Å². The Morgan fingerprint density at radius 2 is 2.00 bits per heavy atom. The number of hydrogen-bond acceptors (Lipinski definition) is 5. The summed E-state index contributed by atoms with van der Waals surface area (Å²) in [7, 11) is 0. The first-order valence-electron chi connectivity index (χ1n) is 6.64. The predicted molar refractivity (Wildman–Crippen MR) is 78.5 cm³/mol. The van der Waals surface area contributed by atoms with Crippen LogP contribution in [0.4, 0.5) is 10.2 Å². The van der Waals surface area contributed by atoms with Crippen LogP contribution in [-0.4, -0.2) is 26.5 Å². The van der Waals surface area contributed by atoms with Gasteiger partial charge in [0.1, 0.15) is 18.0 Å². The smallest absolute Gasteiger partial charge is 0.137 e. The molecule has 0 saturated carbocycles. The molecule has 0 aliphatic carbocycles. The molecule has 3 aromatic rings. The lowest BCUT2D eigenvalue weighted by Gasteiger charge is -2.08. The molecule has 0 amide bonds. The third kappa shape index (κ3) is 3.10.